The van der Waals surface area contributed by atoms with Gasteiger partial charge in [-0.05, 0) is 43.5 Å². The minimum Gasteiger partial charge on any atom is -0.398 e. The molecule has 0 bridgehead atoms. The van der Waals surface area contributed by atoms with Crippen LogP contribution in [0.2, 0.25) is 0 Å². The van der Waals surface area contributed by atoms with Crippen molar-refractivity contribution in [3.63, 3.8) is 0 Å². The van der Waals surface area contributed by atoms with Gasteiger partial charge < -0.3 is 5.73 Å². The maximum absolute atomic E-state index is 12.7. The van der Waals surface area contributed by atoms with Gasteiger partial charge in [-0.3, -0.25) is 0 Å². The predicted octanol–water partition coefficient (Wildman–Crippen LogP) is 2.39. The van der Waals surface area contributed by atoms with Crippen LogP contribution in [-0.2, 0) is 10.0 Å². The summed E-state index contributed by atoms with van der Waals surface area (Å²) in [6.45, 7) is 11.5. The fourth-order valence-corrected chi connectivity index (χ4v) is 4.05. The third-order valence-electron chi connectivity index (χ3n) is 3.36. The smallest absolute Gasteiger partial charge is 0.243 e. The van der Waals surface area contributed by atoms with Crippen LogP contribution >= 0.6 is 0 Å². The van der Waals surface area contributed by atoms with Gasteiger partial charge in [0.1, 0.15) is 0 Å². The summed E-state index contributed by atoms with van der Waals surface area (Å²) in [5, 5.41) is 0. The fraction of sp³-hybridized carbons (Fsp3) is 0.429. The first kappa shape index (κ1) is 15.7. The first-order valence-electron chi connectivity index (χ1n) is 6.24. The molecule has 0 amide bonds. The van der Waals surface area contributed by atoms with Crippen molar-refractivity contribution in [3.8, 4) is 0 Å². The van der Waals surface area contributed by atoms with E-state index in [2.05, 4.69) is 6.58 Å². The standard InChI is InChI=1S/C14H22N2O2S/c1-6-8-16(7-2)19(17,18)14-11(4)10(3)9-13(15)12(14)5/h6,9H,1,7-8,15H2,2-5H3. The van der Waals surface area contributed by atoms with Gasteiger partial charge in [0.05, 0.1) is 4.90 Å². The van der Waals surface area contributed by atoms with Crippen LogP contribution in [0.25, 0.3) is 0 Å². The quantitative estimate of drug-likeness (QED) is 0.666. The first-order chi connectivity index (χ1) is 8.77. The number of nitrogens with two attached hydrogens (primary N) is 1. The maximum atomic E-state index is 12.7. The van der Waals surface area contributed by atoms with E-state index in [0.717, 1.165) is 11.1 Å². The Labute approximate surface area is 116 Å². The Kier molecular flexibility index (Phi) is 4.76. The average molecular weight is 282 g/mol. The number of aryl methyl sites for hydroxylation is 1. The Bertz CT molecular complexity index is 566. The van der Waals surface area contributed by atoms with Crippen molar-refractivity contribution in [2.24, 2.45) is 0 Å². The molecule has 0 aliphatic heterocycles. The molecule has 0 saturated heterocycles. The van der Waals surface area contributed by atoms with Crippen LogP contribution in [0.4, 0.5) is 5.69 Å². The molecule has 0 radical (unpaired) electrons. The second-order valence-corrected chi connectivity index (χ2v) is 6.48. The van der Waals surface area contributed by atoms with Crippen molar-refractivity contribution in [2.75, 3.05) is 18.8 Å². The molecule has 4 nitrogen and oxygen atoms in total. The molecule has 1 aromatic rings. The zero-order chi connectivity index (χ0) is 14.8. The van der Waals surface area contributed by atoms with E-state index in [1.54, 1.807) is 13.0 Å². The summed E-state index contributed by atoms with van der Waals surface area (Å²) < 4.78 is 26.8. The lowest BCUT2D eigenvalue weighted by Crippen LogP contribution is -2.32. The second kappa shape index (κ2) is 5.75. The Morgan fingerprint density at radius 1 is 1.32 bits per heavy atom. The molecule has 5 heteroatoms. The predicted molar refractivity (Wildman–Crippen MR) is 79.7 cm³/mol. The molecule has 19 heavy (non-hydrogen) atoms. The fourth-order valence-electron chi connectivity index (χ4n) is 2.10. The lowest BCUT2D eigenvalue weighted by Gasteiger charge is -2.23. The summed E-state index contributed by atoms with van der Waals surface area (Å²) in [5.74, 6) is 0. The van der Waals surface area contributed by atoms with E-state index in [4.69, 9.17) is 5.73 Å². The van der Waals surface area contributed by atoms with E-state index in [-0.39, 0.29) is 0 Å². The van der Waals surface area contributed by atoms with Gasteiger partial charge in [-0.2, -0.15) is 4.31 Å². The number of sulfonamides is 1. The van der Waals surface area contributed by atoms with Crippen molar-refractivity contribution < 1.29 is 8.42 Å². The molecule has 0 unspecified atom stereocenters. The topological polar surface area (TPSA) is 63.4 Å². The Morgan fingerprint density at radius 3 is 2.37 bits per heavy atom. The van der Waals surface area contributed by atoms with E-state index in [9.17, 15) is 8.42 Å². The number of hydrogen-bond donors (Lipinski definition) is 1. The zero-order valence-corrected chi connectivity index (χ0v) is 12.8. The second-order valence-electron chi connectivity index (χ2n) is 4.61. The highest BCUT2D eigenvalue weighted by Gasteiger charge is 2.27. The monoisotopic (exact) mass is 282 g/mol. The summed E-state index contributed by atoms with van der Waals surface area (Å²) in [7, 11) is -3.54. The van der Waals surface area contributed by atoms with Crippen LogP contribution in [0.3, 0.4) is 0 Å². The van der Waals surface area contributed by atoms with Crippen molar-refractivity contribution in [2.45, 2.75) is 32.6 Å². The van der Waals surface area contributed by atoms with Gasteiger partial charge >= 0.3 is 0 Å². The van der Waals surface area contributed by atoms with Crippen LogP contribution in [0.15, 0.2) is 23.6 Å². The molecule has 1 rings (SSSR count). The lowest BCUT2D eigenvalue weighted by molar-refractivity contribution is 0.459. The largest absolute Gasteiger partial charge is 0.398 e. The summed E-state index contributed by atoms with van der Waals surface area (Å²) in [5.41, 5.74) is 8.67. The van der Waals surface area contributed by atoms with Gasteiger partial charge in [-0.15, -0.1) is 6.58 Å². The Morgan fingerprint density at radius 2 is 1.89 bits per heavy atom. The molecular formula is C14H22N2O2S. The molecular weight excluding hydrogens is 260 g/mol. The molecule has 0 aliphatic rings. The normalized spacial score (nSPS) is 11.8. The van der Waals surface area contributed by atoms with Crippen molar-refractivity contribution >= 4 is 15.7 Å². The van der Waals surface area contributed by atoms with Crippen LogP contribution in [0, 0.1) is 20.8 Å². The molecule has 0 heterocycles. The number of likely N-dealkylation sites (N-methyl/N-ethyl adjacent to an activating group) is 1. The molecule has 2 N–H and O–H groups in total. The van der Waals surface area contributed by atoms with Gasteiger partial charge in [0.15, 0.2) is 0 Å². The van der Waals surface area contributed by atoms with Crippen LogP contribution in [0.5, 0.6) is 0 Å². The SMILES string of the molecule is C=CCN(CC)S(=O)(=O)c1c(C)c(C)cc(N)c1C. The van der Waals surface area contributed by atoms with E-state index >= 15 is 0 Å². The van der Waals surface area contributed by atoms with E-state index in [1.807, 2.05) is 26.8 Å². The van der Waals surface area contributed by atoms with Crippen LogP contribution in [-0.4, -0.2) is 25.8 Å². The maximum Gasteiger partial charge on any atom is 0.243 e. The highest BCUT2D eigenvalue weighted by atomic mass is 32.2. The van der Waals surface area contributed by atoms with Gasteiger partial charge in [0.2, 0.25) is 10.0 Å². The van der Waals surface area contributed by atoms with Crippen LogP contribution < -0.4 is 5.73 Å². The summed E-state index contributed by atoms with van der Waals surface area (Å²) in [4.78, 5) is 0.328. The van der Waals surface area contributed by atoms with Gasteiger partial charge in [-0.25, -0.2) is 8.42 Å². The molecule has 106 valence electrons. The van der Waals surface area contributed by atoms with Crippen molar-refractivity contribution in [3.05, 3.63) is 35.4 Å². The van der Waals surface area contributed by atoms with E-state index in [0.29, 0.717) is 29.2 Å². The zero-order valence-electron chi connectivity index (χ0n) is 12.0. The van der Waals surface area contributed by atoms with Gasteiger partial charge in [-0.1, -0.05) is 13.0 Å². The summed E-state index contributed by atoms with van der Waals surface area (Å²) in [6.07, 6.45) is 1.59. The molecule has 0 aromatic heterocycles. The number of hydrogen-bond acceptors (Lipinski definition) is 3. The highest BCUT2D eigenvalue weighted by Crippen LogP contribution is 2.30. The summed E-state index contributed by atoms with van der Waals surface area (Å²) in [6, 6.07) is 1.81. The molecule has 0 saturated carbocycles. The molecule has 0 atom stereocenters. The average Bonchev–Trinajstić information content (AvgIpc) is 2.33. The molecule has 0 spiro atoms. The lowest BCUT2D eigenvalue weighted by atomic mass is 10.1. The summed E-state index contributed by atoms with van der Waals surface area (Å²) >= 11 is 0. The number of anilines is 1. The van der Waals surface area contributed by atoms with E-state index in [1.165, 1.54) is 4.31 Å². The third kappa shape index (κ3) is 2.82. The molecule has 1 aromatic carbocycles. The minimum absolute atomic E-state index is 0.297. The van der Waals surface area contributed by atoms with Crippen molar-refractivity contribution in [1.29, 1.82) is 0 Å². The number of nitrogens with zero attached hydrogens (tertiary/aromatic N) is 1. The Balaban J connectivity index is 3.56. The van der Waals surface area contributed by atoms with Gasteiger partial charge in [0.25, 0.3) is 0 Å². The first-order valence-corrected chi connectivity index (χ1v) is 7.68. The van der Waals surface area contributed by atoms with Crippen LogP contribution in [0.1, 0.15) is 23.6 Å². The third-order valence-corrected chi connectivity index (χ3v) is 5.58. The minimum atomic E-state index is -3.54. The number of rotatable bonds is 5. The highest BCUT2D eigenvalue weighted by molar-refractivity contribution is 7.89. The van der Waals surface area contributed by atoms with Gasteiger partial charge in [0, 0.05) is 18.8 Å². The Hall–Kier alpha value is -1.33. The molecule has 0 aliphatic carbocycles. The number of nitrogen functional groups attached to an aromatic ring is 1. The van der Waals surface area contributed by atoms with E-state index < -0.39 is 10.0 Å². The molecule has 0 fully saturated rings. The number of benzene rings is 1. The van der Waals surface area contributed by atoms with Crippen molar-refractivity contribution in [1.82, 2.24) is 4.31 Å².